The molecule has 0 saturated heterocycles. The maximum absolute atomic E-state index is 13.2. The number of rotatable bonds is 2. The Morgan fingerprint density at radius 3 is 2.53 bits per heavy atom. The molecular weight excluding hydrogens is 206 g/mol. The Morgan fingerprint density at radius 2 is 2.07 bits per heavy atom. The third-order valence-electron chi connectivity index (χ3n) is 1.97. The van der Waals surface area contributed by atoms with E-state index in [-0.39, 0.29) is 5.56 Å². The van der Waals surface area contributed by atoms with E-state index in [1.807, 2.05) is 0 Å². The van der Waals surface area contributed by atoms with Crippen molar-refractivity contribution in [3.05, 3.63) is 45.0 Å². The molecule has 0 N–H and O–H groups in total. The molecule has 1 aromatic rings. The minimum atomic E-state index is -1.34. The molecular formula is C9H6F2N2O2. The molecule has 0 bridgehead atoms. The summed E-state index contributed by atoms with van der Waals surface area (Å²) >= 11 is 0. The van der Waals surface area contributed by atoms with Gasteiger partial charge in [-0.3, -0.25) is 10.1 Å². The van der Waals surface area contributed by atoms with E-state index < -0.39 is 28.2 Å². The van der Waals surface area contributed by atoms with E-state index in [2.05, 4.69) is 0 Å². The lowest BCUT2D eigenvalue weighted by Gasteiger charge is -2.05. The molecule has 4 nitrogen and oxygen atoms in total. The van der Waals surface area contributed by atoms with Crippen LogP contribution in [0.4, 0.5) is 8.78 Å². The lowest BCUT2D eigenvalue weighted by molar-refractivity contribution is -0.524. The molecule has 0 aliphatic heterocycles. The van der Waals surface area contributed by atoms with Gasteiger partial charge >= 0.3 is 0 Å². The van der Waals surface area contributed by atoms with Crippen LogP contribution in [-0.2, 0) is 0 Å². The predicted molar refractivity (Wildman–Crippen MR) is 46.5 cm³/mol. The Morgan fingerprint density at radius 1 is 1.47 bits per heavy atom. The minimum absolute atomic E-state index is 0.364. The van der Waals surface area contributed by atoms with Crippen LogP contribution in [0.1, 0.15) is 24.1 Å². The summed E-state index contributed by atoms with van der Waals surface area (Å²) in [6, 6.07) is 1.45. The fraction of sp³-hybridized carbons (Fsp3) is 0.222. The van der Waals surface area contributed by atoms with Crippen LogP contribution in [-0.4, -0.2) is 4.92 Å². The van der Waals surface area contributed by atoms with Crippen molar-refractivity contribution >= 4 is 0 Å². The maximum atomic E-state index is 13.2. The molecule has 0 aromatic heterocycles. The lowest BCUT2D eigenvalue weighted by Crippen LogP contribution is -2.09. The van der Waals surface area contributed by atoms with E-state index in [4.69, 9.17) is 5.26 Å². The Hall–Kier alpha value is -2.03. The highest BCUT2D eigenvalue weighted by Gasteiger charge is 2.22. The highest BCUT2D eigenvalue weighted by atomic mass is 19.1. The summed E-state index contributed by atoms with van der Waals surface area (Å²) in [5.41, 5.74) is -0.830. The van der Waals surface area contributed by atoms with Crippen molar-refractivity contribution in [2.75, 3.05) is 0 Å². The Kier molecular flexibility index (Phi) is 2.95. The van der Waals surface area contributed by atoms with Gasteiger partial charge in [0.2, 0.25) is 6.04 Å². The molecule has 6 heteroatoms. The number of halogens is 2. The van der Waals surface area contributed by atoms with Gasteiger partial charge in [0.05, 0.1) is 11.1 Å². The smallest absolute Gasteiger partial charge is 0.238 e. The molecule has 0 aliphatic rings. The van der Waals surface area contributed by atoms with Gasteiger partial charge in [-0.1, -0.05) is 0 Å². The first kappa shape index (κ1) is 11.0. The maximum Gasteiger partial charge on any atom is 0.238 e. The summed E-state index contributed by atoms with van der Waals surface area (Å²) in [5.74, 6) is -1.90. The van der Waals surface area contributed by atoms with Crippen molar-refractivity contribution in [2.45, 2.75) is 13.0 Å². The van der Waals surface area contributed by atoms with Crippen molar-refractivity contribution in [3.8, 4) is 6.07 Å². The molecule has 0 heterocycles. The first-order chi connectivity index (χ1) is 6.97. The molecule has 0 radical (unpaired) electrons. The fourth-order valence-electron chi connectivity index (χ4n) is 1.08. The molecule has 0 fully saturated rings. The van der Waals surface area contributed by atoms with Gasteiger partial charge in [0.1, 0.15) is 17.7 Å². The monoisotopic (exact) mass is 212 g/mol. The van der Waals surface area contributed by atoms with E-state index >= 15 is 0 Å². The van der Waals surface area contributed by atoms with E-state index in [1.54, 1.807) is 0 Å². The molecule has 1 aromatic carbocycles. The predicted octanol–water partition coefficient (Wildman–Crippen LogP) is 2.17. The highest BCUT2D eigenvalue weighted by Crippen LogP contribution is 2.22. The molecule has 1 rings (SSSR count). The largest absolute Gasteiger partial charge is 0.264 e. The quantitative estimate of drug-likeness (QED) is 0.557. The summed E-state index contributed by atoms with van der Waals surface area (Å²) in [6.45, 7) is 1.14. The van der Waals surface area contributed by atoms with Gasteiger partial charge in [0.15, 0.2) is 0 Å². The zero-order valence-electron chi connectivity index (χ0n) is 7.70. The zero-order valence-corrected chi connectivity index (χ0v) is 7.70. The average Bonchev–Trinajstić information content (AvgIpc) is 2.19. The number of nitriles is 1. The molecule has 0 spiro atoms. The van der Waals surface area contributed by atoms with Crippen LogP contribution in [0.15, 0.2) is 12.1 Å². The summed E-state index contributed by atoms with van der Waals surface area (Å²) in [7, 11) is 0. The molecule has 0 aliphatic carbocycles. The van der Waals surface area contributed by atoms with E-state index in [9.17, 15) is 18.9 Å². The first-order valence-electron chi connectivity index (χ1n) is 4.00. The molecule has 78 valence electrons. The Bertz CT molecular complexity index is 454. The van der Waals surface area contributed by atoms with Crippen LogP contribution in [0.25, 0.3) is 0 Å². The number of hydrogen-bond donors (Lipinski definition) is 0. The summed E-state index contributed by atoms with van der Waals surface area (Å²) in [5, 5.41) is 18.8. The highest BCUT2D eigenvalue weighted by molar-refractivity contribution is 5.35. The average molecular weight is 212 g/mol. The first-order valence-corrected chi connectivity index (χ1v) is 4.00. The van der Waals surface area contributed by atoms with Crippen LogP contribution in [0.2, 0.25) is 0 Å². The van der Waals surface area contributed by atoms with Gasteiger partial charge in [0, 0.05) is 11.8 Å². The summed E-state index contributed by atoms with van der Waals surface area (Å²) in [4.78, 5) is 9.64. The van der Waals surface area contributed by atoms with Crippen molar-refractivity contribution in [1.82, 2.24) is 0 Å². The van der Waals surface area contributed by atoms with Gasteiger partial charge in [0.25, 0.3) is 0 Å². The van der Waals surface area contributed by atoms with E-state index in [0.717, 1.165) is 6.92 Å². The normalized spacial score (nSPS) is 11.9. The molecule has 0 amide bonds. The van der Waals surface area contributed by atoms with Crippen molar-refractivity contribution in [1.29, 1.82) is 5.26 Å². The second kappa shape index (κ2) is 4.00. The Labute approximate surface area is 83.9 Å². The second-order valence-electron chi connectivity index (χ2n) is 2.93. The standard InChI is InChI=1S/C9H6F2N2O2/c1-5(13(14)15)7-3-8(10)6(4-12)2-9(7)11/h2-3,5H,1H3. The molecule has 1 unspecified atom stereocenters. The number of hydrogen-bond acceptors (Lipinski definition) is 3. The lowest BCUT2D eigenvalue weighted by atomic mass is 10.1. The molecule has 1 atom stereocenters. The van der Waals surface area contributed by atoms with Crippen LogP contribution < -0.4 is 0 Å². The van der Waals surface area contributed by atoms with E-state index in [1.165, 1.54) is 6.07 Å². The van der Waals surface area contributed by atoms with Crippen molar-refractivity contribution in [2.24, 2.45) is 0 Å². The van der Waals surface area contributed by atoms with Gasteiger partial charge in [-0.2, -0.15) is 5.26 Å². The Balaban J connectivity index is 3.29. The second-order valence-corrected chi connectivity index (χ2v) is 2.93. The number of nitro groups is 1. The van der Waals surface area contributed by atoms with Gasteiger partial charge < -0.3 is 0 Å². The minimum Gasteiger partial charge on any atom is -0.264 e. The summed E-state index contributed by atoms with van der Waals surface area (Å²) in [6.07, 6.45) is 0. The van der Waals surface area contributed by atoms with Crippen LogP contribution in [0, 0.1) is 33.1 Å². The van der Waals surface area contributed by atoms with Crippen LogP contribution >= 0.6 is 0 Å². The van der Waals surface area contributed by atoms with Gasteiger partial charge in [-0.25, -0.2) is 8.78 Å². The third kappa shape index (κ3) is 2.07. The molecule has 0 saturated carbocycles. The molecule has 15 heavy (non-hydrogen) atoms. The van der Waals surface area contributed by atoms with Crippen LogP contribution in [0.3, 0.4) is 0 Å². The van der Waals surface area contributed by atoms with Crippen molar-refractivity contribution < 1.29 is 13.7 Å². The third-order valence-corrected chi connectivity index (χ3v) is 1.97. The van der Waals surface area contributed by atoms with E-state index in [0.29, 0.717) is 12.1 Å². The van der Waals surface area contributed by atoms with Crippen LogP contribution in [0.5, 0.6) is 0 Å². The number of nitrogens with zero attached hydrogens (tertiary/aromatic N) is 2. The van der Waals surface area contributed by atoms with Gasteiger partial charge in [-0.05, 0) is 12.1 Å². The van der Waals surface area contributed by atoms with Gasteiger partial charge in [-0.15, -0.1) is 0 Å². The van der Waals surface area contributed by atoms with Crippen molar-refractivity contribution in [3.63, 3.8) is 0 Å². The zero-order chi connectivity index (χ0) is 11.6. The topological polar surface area (TPSA) is 66.9 Å². The fourth-order valence-corrected chi connectivity index (χ4v) is 1.08. The number of benzene rings is 1. The SMILES string of the molecule is CC(c1cc(F)c(C#N)cc1F)[N+](=O)[O-]. The summed E-state index contributed by atoms with van der Waals surface area (Å²) < 4.78 is 26.2.